The van der Waals surface area contributed by atoms with Crippen molar-refractivity contribution in [3.05, 3.63) is 41.6 Å². The summed E-state index contributed by atoms with van der Waals surface area (Å²) < 4.78 is 14.8. The van der Waals surface area contributed by atoms with Crippen molar-refractivity contribution in [2.75, 3.05) is 32.5 Å². The van der Waals surface area contributed by atoms with Crippen LogP contribution < -0.4 is 4.90 Å². The number of methoxy groups -OCH3 is 2. The van der Waals surface area contributed by atoms with Crippen LogP contribution in [0.15, 0.2) is 41.6 Å². The second-order valence-electron chi connectivity index (χ2n) is 4.05. The van der Waals surface area contributed by atoms with E-state index in [0.717, 1.165) is 5.69 Å². The molecule has 0 atom stereocenters. The number of rotatable bonds is 3. The summed E-state index contributed by atoms with van der Waals surface area (Å²) in [5.41, 5.74) is 1.03. The highest BCUT2D eigenvalue weighted by molar-refractivity contribution is 6.03. The van der Waals surface area contributed by atoms with Crippen molar-refractivity contribution in [3.8, 4) is 0 Å². The SMILES string of the molecule is COC(=O)C1=C(C(=O)OC)N(c2ccccc2)COC1. The molecule has 106 valence electrons. The summed E-state index contributed by atoms with van der Waals surface area (Å²) in [6.45, 7) is 0.176. The Balaban J connectivity index is 2.50. The molecule has 6 nitrogen and oxygen atoms in total. The predicted octanol–water partition coefficient (Wildman–Crippen LogP) is 1.08. The zero-order valence-electron chi connectivity index (χ0n) is 11.3. The number of hydrogen-bond donors (Lipinski definition) is 0. The highest BCUT2D eigenvalue weighted by Crippen LogP contribution is 2.26. The maximum Gasteiger partial charge on any atom is 0.355 e. The van der Waals surface area contributed by atoms with Crippen molar-refractivity contribution < 1.29 is 23.8 Å². The highest BCUT2D eigenvalue weighted by atomic mass is 16.5. The smallest absolute Gasteiger partial charge is 0.355 e. The van der Waals surface area contributed by atoms with Gasteiger partial charge in [-0.15, -0.1) is 0 Å². The summed E-state index contributed by atoms with van der Waals surface area (Å²) in [7, 11) is 2.52. The van der Waals surface area contributed by atoms with Gasteiger partial charge in [0.05, 0.1) is 26.4 Å². The first kappa shape index (κ1) is 14.1. The molecular weight excluding hydrogens is 262 g/mol. The van der Waals surface area contributed by atoms with Gasteiger partial charge < -0.3 is 19.1 Å². The van der Waals surface area contributed by atoms with E-state index in [1.807, 2.05) is 30.3 Å². The second kappa shape index (κ2) is 6.21. The molecule has 0 saturated carbocycles. The molecule has 6 heteroatoms. The molecule has 2 rings (SSSR count). The summed E-state index contributed by atoms with van der Waals surface area (Å²) in [6, 6.07) is 9.14. The fourth-order valence-electron chi connectivity index (χ4n) is 1.96. The molecular formula is C14H15NO5. The van der Waals surface area contributed by atoms with E-state index in [4.69, 9.17) is 9.47 Å². The van der Waals surface area contributed by atoms with Crippen LogP contribution in [-0.4, -0.2) is 39.5 Å². The molecule has 1 aliphatic heterocycles. The number of anilines is 1. The topological polar surface area (TPSA) is 65.1 Å². The number of carbonyl (C=O) groups excluding carboxylic acids is 2. The van der Waals surface area contributed by atoms with Gasteiger partial charge in [0.2, 0.25) is 0 Å². The summed E-state index contributed by atoms with van der Waals surface area (Å²) in [6.07, 6.45) is 0. The average Bonchev–Trinajstić information content (AvgIpc) is 2.53. The van der Waals surface area contributed by atoms with Gasteiger partial charge in [0.1, 0.15) is 12.4 Å². The zero-order chi connectivity index (χ0) is 14.5. The highest BCUT2D eigenvalue weighted by Gasteiger charge is 2.32. The lowest BCUT2D eigenvalue weighted by atomic mass is 10.1. The van der Waals surface area contributed by atoms with Crippen molar-refractivity contribution in [1.82, 2.24) is 0 Å². The van der Waals surface area contributed by atoms with Gasteiger partial charge in [-0.25, -0.2) is 9.59 Å². The molecule has 0 bridgehead atoms. The first-order valence-electron chi connectivity index (χ1n) is 5.99. The molecule has 0 N–H and O–H groups in total. The fraction of sp³-hybridized carbons (Fsp3) is 0.286. The van der Waals surface area contributed by atoms with Crippen LogP contribution >= 0.6 is 0 Å². The number of carbonyl (C=O) groups is 2. The summed E-state index contributed by atoms with van der Waals surface area (Å²) >= 11 is 0. The van der Waals surface area contributed by atoms with Gasteiger partial charge in [-0.3, -0.25) is 0 Å². The summed E-state index contributed by atoms with van der Waals surface area (Å²) in [5, 5.41) is 0. The van der Waals surface area contributed by atoms with Crippen molar-refractivity contribution >= 4 is 17.6 Å². The molecule has 0 unspecified atom stereocenters. The lowest BCUT2D eigenvalue weighted by Gasteiger charge is -2.31. The van der Waals surface area contributed by atoms with Crippen LogP contribution in [0, 0.1) is 0 Å². The van der Waals surface area contributed by atoms with Gasteiger partial charge >= 0.3 is 11.9 Å². The Labute approximate surface area is 116 Å². The third kappa shape index (κ3) is 2.65. The average molecular weight is 277 g/mol. The minimum absolute atomic E-state index is 0.0143. The van der Waals surface area contributed by atoms with Crippen molar-refractivity contribution in [1.29, 1.82) is 0 Å². The predicted molar refractivity (Wildman–Crippen MR) is 70.8 cm³/mol. The van der Waals surface area contributed by atoms with Gasteiger partial charge in [0.15, 0.2) is 0 Å². The van der Waals surface area contributed by atoms with E-state index in [1.165, 1.54) is 14.2 Å². The molecule has 0 aliphatic carbocycles. The molecule has 0 aromatic heterocycles. The molecule has 0 spiro atoms. The van der Waals surface area contributed by atoms with Crippen molar-refractivity contribution in [2.24, 2.45) is 0 Å². The van der Waals surface area contributed by atoms with E-state index in [-0.39, 0.29) is 24.6 Å². The van der Waals surface area contributed by atoms with E-state index in [1.54, 1.807) is 4.90 Å². The minimum atomic E-state index is -0.606. The van der Waals surface area contributed by atoms with E-state index in [2.05, 4.69) is 4.74 Å². The summed E-state index contributed by atoms with van der Waals surface area (Å²) in [4.78, 5) is 25.4. The number of esters is 2. The Morgan fingerprint density at radius 3 is 2.35 bits per heavy atom. The fourth-order valence-corrected chi connectivity index (χ4v) is 1.96. The molecule has 20 heavy (non-hydrogen) atoms. The molecule has 1 heterocycles. The number of para-hydroxylation sites is 1. The quantitative estimate of drug-likeness (QED) is 0.770. The van der Waals surface area contributed by atoms with Crippen LogP contribution in [0.3, 0.4) is 0 Å². The molecule has 1 aromatic carbocycles. The van der Waals surface area contributed by atoms with E-state index in [0.29, 0.717) is 0 Å². The van der Waals surface area contributed by atoms with E-state index in [9.17, 15) is 9.59 Å². The molecule has 0 saturated heterocycles. The van der Waals surface area contributed by atoms with Crippen LogP contribution in [0.5, 0.6) is 0 Å². The normalized spacial score (nSPS) is 15.0. The number of benzene rings is 1. The molecule has 0 amide bonds. The first-order chi connectivity index (χ1) is 9.69. The number of ether oxygens (including phenoxy) is 3. The van der Waals surface area contributed by atoms with Gasteiger partial charge in [-0.2, -0.15) is 0 Å². The van der Waals surface area contributed by atoms with Gasteiger partial charge in [0.25, 0.3) is 0 Å². The van der Waals surface area contributed by atoms with Gasteiger partial charge in [-0.1, -0.05) is 18.2 Å². The Kier molecular flexibility index (Phi) is 4.37. The molecule has 0 radical (unpaired) electrons. The lowest BCUT2D eigenvalue weighted by Crippen LogP contribution is -2.38. The maximum absolute atomic E-state index is 12.0. The molecule has 1 aromatic rings. The maximum atomic E-state index is 12.0. The Bertz CT molecular complexity index is 538. The number of hydrogen-bond acceptors (Lipinski definition) is 6. The minimum Gasteiger partial charge on any atom is -0.466 e. The van der Waals surface area contributed by atoms with Crippen LogP contribution in [0.2, 0.25) is 0 Å². The third-order valence-electron chi connectivity index (χ3n) is 2.90. The van der Waals surface area contributed by atoms with Crippen LogP contribution in [0.25, 0.3) is 0 Å². The van der Waals surface area contributed by atoms with Crippen LogP contribution in [0.4, 0.5) is 5.69 Å². The summed E-state index contributed by atoms with van der Waals surface area (Å²) in [5.74, 6) is -1.21. The lowest BCUT2D eigenvalue weighted by molar-refractivity contribution is -0.140. The van der Waals surface area contributed by atoms with Crippen LogP contribution in [-0.2, 0) is 23.8 Å². The van der Waals surface area contributed by atoms with Gasteiger partial charge in [-0.05, 0) is 12.1 Å². The standard InChI is InChI=1S/C14H15NO5/c1-18-13(16)11-8-20-9-15(12(11)14(17)19-2)10-6-4-3-5-7-10/h3-7H,8-9H2,1-2H3. The van der Waals surface area contributed by atoms with Crippen molar-refractivity contribution in [2.45, 2.75) is 0 Å². The van der Waals surface area contributed by atoms with Crippen LogP contribution in [0.1, 0.15) is 0 Å². The van der Waals surface area contributed by atoms with Crippen molar-refractivity contribution in [3.63, 3.8) is 0 Å². The molecule has 1 aliphatic rings. The third-order valence-corrected chi connectivity index (χ3v) is 2.90. The largest absolute Gasteiger partial charge is 0.466 e. The second-order valence-corrected chi connectivity index (χ2v) is 4.05. The van der Waals surface area contributed by atoms with E-state index < -0.39 is 11.9 Å². The Hall–Kier alpha value is -2.34. The Morgan fingerprint density at radius 2 is 1.75 bits per heavy atom. The first-order valence-corrected chi connectivity index (χ1v) is 5.99. The van der Waals surface area contributed by atoms with Gasteiger partial charge in [0, 0.05) is 5.69 Å². The Morgan fingerprint density at radius 1 is 1.10 bits per heavy atom. The number of nitrogens with zero attached hydrogens (tertiary/aromatic N) is 1. The zero-order valence-corrected chi connectivity index (χ0v) is 11.3. The monoisotopic (exact) mass is 277 g/mol. The molecule has 0 fully saturated rings. The van der Waals surface area contributed by atoms with E-state index >= 15 is 0 Å².